The van der Waals surface area contributed by atoms with E-state index in [4.69, 9.17) is 4.74 Å². The topological polar surface area (TPSA) is 81.1 Å². The van der Waals surface area contributed by atoms with Gasteiger partial charge in [-0.05, 0) is 19.3 Å². The second kappa shape index (κ2) is 7.88. The van der Waals surface area contributed by atoms with Crippen LogP contribution in [0.5, 0.6) is 0 Å². The smallest absolute Gasteiger partial charge is 0.222 e. The van der Waals surface area contributed by atoms with Gasteiger partial charge in [0.15, 0.2) is 5.82 Å². The van der Waals surface area contributed by atoms with E-state index in [1.54, 1.807) is 0 Å². The summed E-state index contributed by atoms with van der Waals surface area (Å²) in [6.45, 7) is 5.17. The SMILES string of the molecule is CCC(NC(=O)CC1COCCN1)c1nnc2n1CCCCC2. The molecule has 1 saturated heterocycles. The number of morpholine rings is 1. The molecule has 23 heavy (non-hydrogen) atoms. The van der Waals surface area contributed by atoms with Crippen molar-refractivity contribution >= 4 is 5.91 Å². The molecule has 3 heterocycles. The van der Waals surface area contributed by atoms with Gasteiger partial charge in [0.25, 0.3) is 0 Å². The minimum Gasteiger partial charge on any atom is -0.378 e. The van der Waals surface area contributed by atoms with E-state index in [1.165, 1.54) is 12.8 Å². The highest BCUT2D eigenvalue weighted by molar-refractivity contribution is 5.77. The Kier molecular flexibility index (Phi) is 5.61. The fourth-order valence-electron chi connectivity index (χ4n) is 3.34. The number of carbonyl (C=O) groups is 1. The molecule has 0 bridgehead atoms. The van der Waals surface area contributed by atoms with E-state index in [-0.39, 0.29) is 18.0 Å². The van der Waals surface area contributed by atoms with E-state index in [9.17, 15) is 4.79 Å². The number of hydrogen-bond acceptors (Lipinski definition) is 5. The van der Waals surface area contributed by atoms with Gasteiger partial charge in [-0.3, -0.25) is 4.79 Å². The number of aromatic nitrogens is 3. The summed E-state index contributed by atoms with van der Waals surface area (Å²) in [7, 11) is 0. The third kappa shape index (κ3) is 4.09. The summed E-state index contributed by atoms with van der Waals surface area (Å²) < 4.78 is 7.62. The Hall–Kier alpha value is -1.47. The molecule has 2 unspecified atom stereocenters. The molecular formula is C16H27N5O2. The van der Waals surface area contributed by atoms with Crippen LogP contribution < -0.4 is 10.6 Å². The monoisotopic (exact) mass is 321 g/mol. The van der Waals surface area contributed by atoms with Gasteiger partial charge in [-0.2, -0.15) is 0 Å². The van der Waals surface area contributed by atoms with Gasteiger partial charge in [0, 0.05) is 32.0 Å². The molecule has 2 aliphatic heterocycles. The molecule has 0 aliphatic carbocycles. The first-order chi connectivity index (χ1) is 11.3. The third-order valence-electron chi connectivity index (χ3n) is 4.62. The van der Waals surface area contributed by atoms with Crippen molar-refractivity contribution in [1.82, 2.24) is 25.4 Å². The molecule has 2 aliphatic rings. The first-order valence-electron chi connectivity index (χ1n) is 8.80. The van der Waals surface area contributed by atoms with Crippen molar-refractivity contribution in [3.63, 3.8) is 0 Å². The molecule has 0 aromatic carbocycles. The second-order valence-electron chi connectivity index (χ2n) is 6.40. The fourth-order valence-corrected chi connectivity index (χ4v) is 3.34. The number of rotatable bonds is 5. The summed E-state index contributed by atoms with van der Waals surface area (Å²) in [6, 6.07) is 0.0446. The zero-order valence-electron chi connectivity index (χ0n) is 13.9. The third-order valence-corrected chi connectivity index (χ3v) is 4.62. The molecule has 7 nitrogen and oxygen atoms in total. The van der Waals surface area contributed by atoms with Crippen molar-refractivity contribution in [2.75, 3.05) is 19.8 Å². The van der Waals surface area contributed by atoms with E-state index in [0.29, 0.717) is 13.0 Å². The zero-order valence-corrected chi connectivity index (χ0v) is 13.9. The summed E-state index contributed by atoms with van der Waals surface area (Å²) in [4.78, 5) is 12.3. The maximum Gasteiger partial charge on any atom is 0.222 e. The summed E-state index contributed by atoms with van der Waals surface area (Å²) in [6.07, 6.45) is 5.82. The molecule has 128 valence electrons. The number of fused-ring (bicyclic) bond motifs is 1. The van der Waals surface area contributed by atoms with Crippen molar-refractivity contribution in [3.05, 3.63) is 11.6 Å². The standard InChI is InChI=1S/C16H27N5O2/c1-2-13(18-15(22)10-12-11-23-9-7-17-12)16-20-19-14-6-4-3-5-8-21(14)16/h12-13,17H,2-11H2,1H3,(H,18,22). The largest absolute Gasteiger partial charge is 0.378 e. The first-order valence-corrected chi connectivity index (χ1v) is 8.80. The number of carbonyl (C=O) groups excluding carboxylic acids is 1. The Morgan fingerprint density at radius 3 is 3.13 bits per heavy atom. The molecule has 0 saturated carbocycles. The minimum absolute atomic E-state index is 0.0471. The van der Waals surface area contributed by atoms with Crippen LogP contribution in [0.1, 0.15) is 56.7 Å². The van der Waals surface area contributed by atoms with Crippen LogP contribution in [-0.4, -0.2) is 46.5 Å². The molecule has 2 N–H and O–H groups in total. The van der Waals surface area contributed by atoms with E-state index in [1.807, 2.05) is 0 Å². The summed E-state index contributed by atoms with van der Waals surface area (Å²) in [5.74, 6) is 2.02. The van der Waals surface area contributed by atoms with E-state index in [2.05, 4.69) is 32.3 Å². The highest BCUT2D eigenvalue weighted by Gasteiger charge is 2.24. The Bertz CT molecular complexity index is 525. The summed E-state index contributed by atoms with van der Waals surface area (Å²) >= 11 is 0. The van der Waals surface area contributed by atoms with Crippen LogP contribution in [0.4, 0.5) is 0 Å². The Labute approximate surface area is 137 Å². The van der Waals surface area contributed by atoms with Crippen molar-refractivity contribution in [2.24, 2.45) is 0 Å². The number of nitrogens with zero attached hydrogens (tertiary/aromatic N) is 3. The van der Waals surface area contributed by atoms with Crippen molar-refractivity contribution < 1.29 is 9.53 Å². The molecule has 1 amide bonds. The van der Waals surface area contributed by atoms with Crippen LogP contribution in [-0.2, 0) is 22.5 Å². The number of aryl methyl sites for hydroxylation is 1. The van der Waals surface area contributed by atoms with Gasteiger partial charge in [-0.25, -0.2) is 0 Å². The molecule has 0 spiro atoms. The normalized spacial score (nSPS) is 22.9. The number of ether oxygens (including phenoxy) is 1. The molecule has 2 atom stereocenters. The Morgan fingerprint density at radius 2 is 2.35 bits per heavy atom. The highest BCUT2D eigenvalue weighted by Crippen LogP contribution is 2.21. The van der Waals surface area contributed by atoms with Crippen molar-refractivity contribution in [2.45, 2.75) is 64.1 Å². The van der Waals surface area contributed by atoms with Crippen LogP contribution >= 0.6 is 0 Å². The lowest BCUT2D eigenvalue weighted by atomic mass is 10.1. The summed E-state index contributed by atoms with van der Waals surface area (Å²) in [5, 5.41) is 15.2. The van der Waals surface area contributed by atoms with E-state index in [0.717, 1.165) is 50.6 Å². The van der Waals surface area contributed by atoms with Gasteiger partial charge in [-0.1, -0.05) is 13.3 Å². The molecule has 1 aromatic heterocycles. The molecule has 3 rings (SSSR count). The maximum absolute atomic E-state index is 12.3. The second-order valence-corrected chi connectivity index (χ2v) is 6.40. The first kappa shape index (κ1) is 16.4. The quantitative estimate of drug-likeness (QED) is 0.844. The molecule has 1 fully saturated rings. The van der Waals surface area contributed by atoms with Gasteiger partial charge >= 0.3 is 0 Å². The molecular weight excluding hydrogens is 294 g/mol. The van der Waals surface area contributed by atoms with E-state index >= 15 is 0 Å². The van der Waals surface area contributed by atoms with Gasteiger partial charge < -0.3 is 19.9 Å². The predicted octanol–water partition coefficient (Wildman–Crippen LogP) is 0.950. The maximum atomic E-state index is 12.3. The Morgan fingerprint density at radius 1 is 1.43 bits per heavy atom. The van der Waals surface area contributed by atoms with Crippen LogP contribution in [0.2, 0.25) is 0 Å². The average Bonchev–Trinajstić information content (AvgIpc) is 2.82. The van der Waals surface area contributed by atoms with Gasteiger partial charge in [0.1, 0.15) is 5.82 Å². The Balaban J connectivity index is 1.63. The number of nitrogens with one attached hydrogen (secondary N) is 2. The molecule has 7 heteroatoms. The van der Waals surface area contributed by atoms with Crippen LogP contribution in [0, 0.1) is 0 Å². The molecule has 1 aromatic rings. The average molecular weight is 321 g/mol. The van der Waals surface area contributed by atoms with Gasteiger partial charge in [0.2, 0.25) is 5.91 Å². The molecule has 0 radical (unpaired) electrons. The van der Waals surface area contributed by atoms with E-state index < -0.39 is 0 Å². The van der Waals surface area contributed by atoms with Crippen molar-refractivity contribution in [1.29, 1.82) is 0 Å². The lowest BCUT2D eigenvalue weighted by molar-refractivity contribution is -0.123. The number of amides is 1. The van der Waals surface area contributed by atoms with Crippen LogP contribution in [0.3, 0.4) is 0 Å². The summed E-state index contributed by atoms with van der Waals surface area (Å²) in [5.41, 5.74) is 0. The zero-order chi connectivity index (χ0) is 16.1. The minimum atomic E-state index is -0.0636. The van der Waals surface area contributed by atoms with Crippen LogP contribution in [0.15, 0.2) is 0 Å². The van der Waals surface area contributed by atoms with Gasteiger partial charge in [-0.15, -0.1) is 10.2 Å². The van der Waals surface area contributed by atoms with Crippen molar-refractivity contribution in [3.8, 4) is 0 Å². The lowest BCUT2D eigenvalue weighted by Crippen LogP contribution is -2.44. The predicted molar refractivity (Wildman–Crippen MR) is 86.0 cm³/mol. The fraction of sp³-hybridized carbons (Fsp3) is 0.812. The van der Waals surface area contributed by atoms with Crippen LogP contribution in [0.25, 0.3) is 0 Å². The van der Waals surface area contributed by atoms with Gasteiger partial charge in [0.05, 0.1) is 19.3 Å². The number of hydrogen-bond donors (Lipinski definition) is 2. The highest BCUT2D eigenvalue weighted by atomic mass is 16.5. The lowest BCUT2D eigenvalue weighted by Gasteiger charge is -2.24.